The smallest absolute Gasteiger partial charge is 0.269 e. The van der Waals surface area contributed by atoms with E-state index in [1.807, 2.05) is 6.07 Å². The molecule has 3 unspecified atom stereocenters. The van der Waals surface area contributed by atoms with Gasteiger partial charge in [0.25, 0.3) is 5.69 Å². The summed E-state index contributed by atoms with van der Waals surface area (Å²) in [6.07, 6.45) is 5.15. The molecule has 1 aliphatic carbocycles. The lowest BCUT2D eigenvalue weighted by Crippen LogP contribution is -2.29. The third-order valence-corrected chi connectivity index (χ3v) is 6.10. The van der Waals surface area contributed by atoms with Gasteiger partial charge in [0.2, 0.25) is 0 Å². The fourth-order valence-corrected chi connectivity index (χ4v) is 4.41. The molecule has 128 valence electrons. The van der Waals surface area contributed by atoms with Crippen LogP contribution in [-0.2, 0) is 0 Å². The van der Waals surface area contributed by atoms with Gasteiger partial charge < -0.3 is 5.32 Å². The molecule has 25 heavy (non-hydrogen) atoms. The van der Waals surface area contributed by atoms with Crippen LogP contribution in [0.1, 0.15) is 29.5 Å². The number of hydrogen-bond acceptors (Lipinski definition) is 3. The monoisotopic (exact) mass is 394 g/mol. The number of hydrogen-bond donors (Lipinski definition) is 1. The fourth-order valence-electron chi connectivity index (χ4n) is 3.79. The summed E-state index contributed by atoms with van der Waals surface area (Å²) >= 11 is 19.0. The van der Waals surface area contributed by atoms with Crippen molar-refractivity contribution in [2.75, 3.05) is 5.32 Å². The molecule has 0 bridgehead atoms. The zero-order valence-corrected chi connectivity index (χ0v) is 15.1. The van der Waals surface area contributed by atoms with Gasteiger partial charge in [0, 0.05) is 28.6 Å². The summed E-state index contributed by atoms with van der Waals surface area (Å²) in [5, 5.41) is 16.0. The van der Waals surface area contributed by atoms with Gasteiger partial charge >= 0.3 is 0 Å². The number of anilines is 1. The Morgan fingerprint density at radius 1 is 1.08 bits per heavy atom. The highest BCUT2D eigenvalue weighted by atomic mass is 35.5. The lowest BCUT2D eigenvalue weighted by molar-refractivity contribution is -0.384. The van der Waals surface area contributed by atoms with E-state index < -0.39 is 4.92 Å². The first kappa shape index (κ1) is 16.7. The van der Waals surface area contributed by atoms with Gasteiger partial charge in [-0.3, -0.25) is 10.1 Å². The van der Waals surface area contributed by atoms with Gasteiger partial charge in [-0.05, 0) is 30.0 Å². The average Bonchev–Trinajstić information content (AvgIpc) is 3.07. The predicted octanol–water partition coefficient (Wildman–Crippen LogP) is 6.38. The Hall–Kier alpha value is -1.75. The predicted molar refractivity (Wildman–Crippen MR) is 101 cm³/mol. The lowest BCUT2D eigenvalue weighted by atomic mass is 9.77. The number of allylic oxidation sites excluding steroid dienone is 2. The molecule has 0 saturated carbocycles. The fraction of sp³-hybridized carbons (Fsp3) is 0.222. The standard InChI is InChI=1S/C18H13Cl3N2O2/c19-14-6-4-9(23(24)25)8-13(14)17-11-3-1-2-10(11)12-5-7-15(20)16(21)18(12)22-17/h1-2,4-8,10-11,17,22H,3H2. The first-order valence-corrected chi connectivity index (χ1v) is 8.95. The average molecular weight is 396 g/mol. The molecule has 3 atom stereocenters. The van der Waals surface area contributed by atoms with Crippen molar-refractivity contribution in [1.29, 1.82) is 0 Å². The van der Waals surface area contributed by atoms with Crippen molar-refractivity contribution >= 4 is 46.2 Å². The Kier molecular flexibility index (Phi) is 4.14. The highest BCUT2D eigenvalue weighted by Gasteiger charge is 2.40. The summed E-state index contributed by atoms with van der Waals surface area (Å²) < 4.78 is 0. The van der Waals surface area contributed by atoms with E-state index in [0.717, 1.165) is 17.7 Å². The molecule has 4 rings (SSSR count). The molecule has 1 N–H and O–H groups in total. The van der Waals surface area contributed by atoms with Crippen LogP contribution in [0.3, 0.4) is 0 Å². The third-order valence-electron chi connectivity index (χ3n) is 4.95. The summed E-state index contributed by atoms with van der Waals surface area (Å²) in [5.74, 6) is 0.385. The third kappa shape index (κ3) is 2.69. The number of nitro benzene ring substituents is 1. The largest absolute Gasteiger partial charge is 0.376 e. The zero-order chi connectivity index (χ0) is 17.7. The molecule has 7 heteroatoms. The molecule has 0 spiro atoms. The van der Waals surface area contributed by atoms with Crippen molar-refractivity contribution in [3.05, 3.63) is 78.8 Å². The number of benzene rings is 2. The summed E-state index contributed by atoms with van der Waals surface area (Å²) in [7, 11) is 0. The summed E-state index contributed by atoms with van der Waals surface area (Å²) in [6, 6.07) is 8.12. The Bertz CT molecular complexity index is 913. The van der Waals surface area contributed by atoms with Gasteiger partial charge in [-0.1, -0.05) is 53.0 Å². The number of nitrogens with zero attached hydrogens (tertiary/aromatic N) is 1. The van der Waals surface area contributed by atoms with Gasteiger partial charge in [-0.15, -0.1) is 0 Å². The maximum Gasteiger partial charge on any atom is 0.269 e. The Morgan fingerprint density at radius 2 is 1.84 bits per heavy atom. The van der Waals surface area contributed by atoms with Crippen molar-refractivity contribution in [1.82, 2.24) is 0 Å². The minimum Gasteiger partial charge on any atom is -0.376 e. The molecular formula is C18H13Cl3N2O2. The van der Waals surface area contributed by atoms with E-state index in [-0.39, 0.29) is 23.6 Å². The molecule has 2 aromatic rings. The summed E-state index contributed by atoms with van der Waals surface area (Å²) in [4.78, 5) is 10.8. The molecule has 1 aliphatic heterocycles. The number of halogens is 3. The minimum absolute atomic E-state index is 0.0201. The second kappa shape index (κ2) is 6.20. The Labute approximate surface area is 159 Å². The Balaban J connectivity index is 1.86. The topological polar surface area (TPSA) is 55.2 Å². The van der Waals surface area contributed by atoms with Crippen molar-refractivity contribution in [2.24, 2.45) is 5.92 Å². The number of rotatable bonds is 2. The van der Waals surface area contributed by atoms with Crippen molar-refractivity contribution in [3.63, 3.8) is 0 Å². The molecule has 0 amide bonds. The normalized spacial score (nSPS) is 23.7. The molecule has 0 fully saturated rings. The van der Waals surface area contributed by atoms with Gasteiger partial charge in [0.05, 0.1) is 26.7 Å². The molecular weight excluding hydrogens is 383 g/mol. The van der Waals surface area contributed by atoms with Gasteiger partial charge in [0.15, 0.2) is 0 Å². The van der Waals surface area contributed by atoms with E-state index in [9.17, 15) is 10.1 Å². The quantitative estimate of drug-likeness (QED) is 0.364. The SMILES string of the molecule is O=[N+]([O-])c1ccc(Cl)c(C2Nc3c(ccc(Cl)c3Cl)C3C=CCC32)c1. The maximum atomic E-state index is 11.2. The molecule has 0 radical (unpaired) electrons. The van der Waals surface area contributed by atoms with Gasteiger partial charge in [-0.2, -0.15) is 0 Å². The first-order chi connectivity index (χ1) is 12.0. The van der Waals surface area contributed by atoms with Crippen LogP contribution in [0.2, 0.25) is 15.1 Å². The van der Waals surface area contributed by atoms with Gasteiger partial charge in [-0.25, -0.2) is 0 Å². The van der Waals surface area contributed by atoms with Crippen molar-refractivity contribution in [2.45, 2.75) is 18.4 Å². The van der Waals surface area contributed by atoms with Crippen LogP contribution < -0.4 is 5.32 Å². The van der Waals surface area contributed by atoms with E-state index in [2.05, 4.69) is 17.5 Å². The van der Waals surface area contributed by atoms with Crippen LogP contribution in [0.5, 0.6) is 0 Å². The van der Waals surface area contributed by atoms with E-state index in [4.69, 9.17) is 34.8 Å². The van der Waals surface area contributed by atoms with Crippen molar-refractivity contribution in [3.8, 4) is 0 Å². The van der Waals surface area contributed by atoms with Crippen LogP contribution in [-0.4, -0.2) is 4.92 Å². The Morgan fingerprint density at radius 3 is 2.60 bits per heavy atom. The molecule has 2 aromatic carbocycles. The van der Waals surface area contributed by atoms with E-state index in [0.29, 0.717) is 20.6 Å². The molecule has 0 aromatic heterocycles. The summed E-state index contributed by atoms with van der Waals surface area (Å²) in [6.45, 7) is 0. The van der Waals surface area contributed by atoms with E-state index in [1.165, 1.54) is 6.07 Å². The molecule has 0 saturated heterocycles. The lowest BCUT2D eigenvalue weighted by Gasteiger charge is -2.38. The van der Waals surface area contributed by atoms with Crippen LogP contribution in [0.25, 0.3) is 0 Å². The zero-order valence-electron chi connectivity index (χ0n) is 12.9. The van der Waals surface area contributed by atoms with Crippen LogP contribution >= 0.6 is 34.8 Å². The molecule has 1 heterocycles. The van der Waals surface area contributed by atoms with Crippen LogP contribution in [0.15, 0.2) is 42.5 Å². The van der Waals surface area contributed by atoms with Crippen molar-refractivity contribution < 1.29 is 4.92 Å². The van der Waals surface area contributed by atoms with E-state index in [1.54, 1.807) is 18.2 Å². The second-order valence-corrected chi connectivity index (χ2v) is 7.46. The first-order valence-electron chi connectivity index (χ1n) is 7.82. The summed E-state index contributed by atoms with van der Waals surface area (Å²) in [5.41, 5.74) is 2.59. The molecule has 2 aliphatic rings. The molecule has 4 nitrogen and oxygen atoms in total. The number of nitrogens with one attached hydrogen (secondary N) is 1. The maximum absolute atomic E-state index is 11.2. The van der Waals surface area contributed by atoms with E-state index >= 15 is 0 Å². The highest BCUT2D eigenvalue weighted by molar-refractivity contribution is 6.43. The van der Waals surface area contributed by atoms with Gasteiger partial charge in [0.1, 0.15) is 0 Å². The number of non-ortho nitro benzene ring substituents is 1. The number of fused-ring (bicyclic) bond motifs is 3. The van der Waals surface area contributed by atoms with Crippen LogP contribution in [0.4, 0.5) is 11.4 Å². The second-order valence-electron chi connectivity index (χ2n) is 6.26. The van der Waals surface area contributed by atoms with Crippen LogP contribution in [0, 0.1) is 16.0 Å². The number of nitro groups is 1. The minimum atomic E-state index is -0.412. The highest BCUT2D eigenvalue weighted by Crippen LogP contribution is 2.53.